The number of hydrogen-bond acceptors (Lipinski definition) is 4. The van der Waals surface area contributed by atoms with E-state index in [0.717, 1.165) is 28.3 Å². The molecule has 0 heterocycles. The molecule has 0 aliphatic heterocycles. The Morgan fingerprint density at radius 1 is 1.05 bits per heavy atom. The van der Waals surface area contributed by atoms with E-state index in [1.54, 1.807) is 14.2 Å². The number of rotatable bonds is 6. The average Bonchev–Trinajstić information content (AvgIpc) is 2.52. The number of hydrogen-bond donors (Lipinski definition) is 2. The average molecular weight is 273 g/mol. The maximum Gasteiger partial charge on any atom is 0.165 e. The third-order valence-corrected chi connectivity index (χ3v) is 3.08. The lowest BCUT2D eigenvalue weighted by Crippen LogP contribution is -2.03. The van der Waals surface area contributed by atoms with Gasteiger partial charge in [0.1, 0.15) is 0 Å². The summed E-state index contributed by atoms with van der Waals surface area (Å²) >= 11 is 0. The first-order valence-corrected chi connectivity index (χ1v) is 6.42. The van der Waals surface area contributed by atoms with Gasteiger partial charge in [0.15, 0.2) is 11.5 Å². The van der Waals surface area contributed by atoms with Crippen LogP contribution in [-0.2, 0) is 13.2 Å². The van der Waals surface area contributed by atoms with Crippen molar-refractivity contribution in [1.29, 1.82) is 0 Å². The molecule has 0 fully saturated rings. The highest BCUT2D eigenvalue weighted by Crippen LogP contribution is 2.31. The summed E-state index contributed by atoms with van der Waals surface area (Å²) in [6.07, 6.45) is 0. The molecular formula is C16H19NO3. The summed E-state index contributed by atoms with van der Waals surface area (Å²) in [7, 11) is 3.26. The number of methoxy groups -OCH3 is 2. The Labute approximate surface area is 119 Å². The fourth-order valence-corrected chi connectivity index (χ4v) is 2.07. The number of para-hydroxylation sites is 1. The van der Waals surface area contributed by atoms with Crippen LogP contribution in [0.3, 0.4) is 0 Å². The Morgan fingerprint density at radius 2 is 1.85 bits per heavy atom. The molecule has 2 aromatic rings. The van der Waals surface area contributed by atoms with Crippen LogP contribution >= 0.6 is 0 Å². The van der Waals surface area contributed by atoms with Crippen LogP contribution < -0.4 is 14.8 Å². The Hall–Kier alpha value is -2.20. The highest BCUT2D eigenvalue weighted by atomic mass is 16.5. The van der Waals surface area contributed by atoms with E-state index in [4.69, 9.17) is 14.6 Å². The number of aliphatic hydroxyl groups excluding tert-OH is 1. The summed E-state index contributed by atoms with van der Waals surface area (Å²) in [4.78, 5) is 0. The van der Waals surface area contributed by atoms with Gasteiger partial charge in [0.2, 0.25) is 0 Å². The van der Waals surface area contributed by atoms with E-state index in [9.17, 15) is 0 Å². The van der Waals surface area contributed by atoms with Crippen molar-refractivity contribution in [2.45, 2.75) is 13.2 Å². The monoisotopic (exact) mass is 273 g/mol. The van der Waals surface area contributed by atoms with Crippen molar-refractivity contribution < 1.29 is 14.6 Å². The zero-order valence-electron chi connectivity index (χ0n) is 11.7. The number of aliphatic hydroxyl groups is 1. The molecule has 0 aliphatic carbocycles. The third-order valence-electron chi connectivity index (χ3n) is 3.08. The molecule has 2 aromatic carbocycles. The molecule has 2 N–H and O–H groups in total. The van der Waals surface area contributed by atoms with E-state index in [-0.39, 0.29) is 6.61 Å². The number of anilines is 1. The fraction of sp³-hybridized carbons (Fsp3) is 0.250. The Bertz CT molecular complexity index is 569. The number of nitrogens with one attached hydrogen (secondary N) is 1. The normalized spacial score (nSPS) is 10.2. The number of benzene rings is 2. The molecule has 2 rings (SSSR count). The van der Waals surface area contributed by atoms with Gasteiger partial charge in [0.25, 0.3) is 0 Å². The van der Waals surface area contributed by atoms with Crippen molar-refractivity contribution in [2.24, 2.45) is 0 Å². The molecule has 0 aliphatic rings. The van der Waals surface area contributed by atoms with E-state index in [1.165, 1.54) is 0 Å². The summed E-state index contributed by atoms with van der Waals surface area (Å²) in [5.41, 5.74) is 2.86. The van der Waals surface area contributed by atoms with Crippen LogP contribution in [0.15, 0.2) is 42.5 Å². The second kappa shape index (κ2) is 6.82. The van der Waals surface area contributed by atoms with Crippen molar-refractivity contribution in [3.63, 3.8) is 0 Å². The summed E-state index contributed by atoms with van der Waals surface area (Å²) in [6, 6.07) is 13.5. The first-order valence-electron chi connectivity index (χ1n) is 6.42. The topological polar surface area (TPSA) is 50.7 Å². The van der Waals surface area contributed by atoms with Gasteiger partial charge in [-0.3, -0.25) is 0 Å². The molecule has 0 atom stereocenters. The summed E-state index contributed by atoms with van der Waals surface area (Å²) in [5, 5.41) is 12.4. The van der Waals surface area contributed by atoms with Crippen LogP contribution in [-0.4, -0.2) is 19.3 Å². The zero-order valence-corrected chi connectivity index (χ0v) is 11.7. The number of ether oxygens (including phenoxy) is 2. The fourth-order valence-electron chi connectivity index (χ4n) is 2.07. The SMILES string of the molecule is COc1cccc(CNc2cccc(CO)c2)c1OC. The predicted octanol–water partition coefficient (Wildman–Crippen LogP) is 2.81. The minimum absolute atomic E-state index is 0.0397. The standard InChI is InChI=1S/C16H19NO3/c1-19-15-8-4-6-13(16(15)20-2)10-17-14-7-3-5-12(9-14)11-18/h3-9,17-18H,10-11H2,1-2H3. The van der Waals surface area contributed by atoms with Gasteiger partial charge in [-0.2, -0.15) is 0 Å². The summed E-state index contributed by atoms with van der Waals surface area (Å²) < 4.78 is 10.7. The first-order chi connectivity index (χ1) is 9.78. The molecular weight excluding hydrogens is 254 g/mol. The third kappa shape index (κ3) is 3.22. The van der Waals surface area contributed by atoms with Crippen LogP contribution in [0.1, 0.15) is 11.1 Å². The van der Waals surface area contributed by atoms with Crippen molar-refractivity contribution in [2.75, 3.05) is 19.5 Å². The molecule has 0 bridgehead atoms. The minimum Gasteiger partial charge on any atom is -0.493 e. The molecule has 20 heavy (non-hydrogen) atoms. The van der Waals surface area contributed by atoms with Gasteiger partial charge in [-0.1, -0.05) is 24.3 Å². The second-order valence-electron chi connectivity index (χ2n) is 4.36. The zero-order chi connectivity index (χ0) is 14.4. The highest BCUT2D eigenvalue weighted by Gasteiger charge is 2.08. The van der Waals surface area contributed by atoms with Crippen molar-refractivity contribution in [3.05, 3.63) is 53.6 Å². The van der Waals surface area contributed by atoms with Crippen LogP contribution in [0.5, 0.6) is 11.5 Å². The van der Waals surface area contributed by atoms with Crippen LogP contribution in [0.25, 0.3) is 0 Å². The molecule has 0 radical (unpaired) electrons. The molecule has 0 amide bonds. The maximum atomic E-state index is 9.13. The van der Waals surface area contributed by atoms with E-state index in [1.807, 2.05) is 42.5 Å². The quantitative estimate of drug-likeness (QED) is 0.849. The first kappa shape index (κ1) is 14.2. The molecule has 106 valence electrons. The van der Waals surface area contributed by atoms with Gasteiger partial charge in [0, 0.05) is 17.8 Å². The second-order valence-corrected chi connectivity index (χ2v) is 4.36. The highest BCUT2D eigenvalue weighted by molar-refractivity contribution is 5.50. The lowest BCUT2D eigenvalue weighted by Gasteiger charge is -2.14. The van der Waals surface area contributed by atoms with Crippen LogP contribution in [0.2, 0.25) is 0 Å². The van der Waals surface area contributed by atoms with Gasteiger partial charge in [-0.25, -0.2) is 0 Å². The van der Waals surface area contributed by atoms with E-state index >= 15 is 0 Å². The summed E-state index contributed by atoms with van der Waals surface area (Å²) in [6.45, 7) is 0.660. The van der Waals surface area contributed by atoms with Gasteiger partial charge < -0.3 is 19.9 Å². The predicted molar refractivity (Wildman–Crippen MR) is 79.2 cm³/mol. The molecule has 0 aromatic heterocycles. The van der Waals surface area contributed by atoms with Gasteiger partial charge in [0.05, 0.1) is 20.8 Å². The molecule has 0 saturated heterocycles. The molecule has 0 saturated carbocycles. The smallest absolute Gasteiger partial charge is 0.165 e. The van der Waals surface area contributed by atoms with Crippen LogP contribution in [0, 0.1) is 0 Å². The van der Waals surface area contributed by atoms with Gasteiger partial charge in [-0.15, -0.1) is 0 Å². The Morgan fingerprint density at radius 3 is 2.55 bits per heavy atom. The van der Waals surface area contributed by atoms with E-state index < -0.39 is 0 Å². The molecule has 0 unspecified atom stereocenters. The van der Waals surface area contributed by atoms with E-state index in [2.05, 4.69) is 5.32 Å². The maximum absolute atomic E-state index is 9.13. The molecule has 4 heteroatoms. The Kier molecular flexibility index (Phi) is 4.85. The summed E-state index contributed by atoms with van der Waals surface area (Å²) in [5.74, 6) is 1.46. The van der Waals surface area contributed by atoms with Gasteiger partial charge in [-0.05, 0) is 23.8 Å². The van der Waals surface area contributed by atoms with E-state index in [0.29, 0.717) is 6.54 Å². The lowest BCUT2D eigenvalue weighted by atomic mass is 10.1. The molecule has 4 nitrogen and oxygen atoms in total. The lowest BCUT2D eigenvalue weighted by molar-refractivity contribution is 0.282. The van der Waals surface area contributed by atoms with Gasteiger partial charge >= 0.3 is 0 Å². The minimum atomic E-state index is 0.0397. The Balaban J connectivity index is 2.14. The van der Waals surface area contributed by atoms with Crippen molar-refractivity contribution in [3.8, 4) is 11.5 Å². The molecule has 0 spiro atoms. The van der Waals surface area contributed by atoms with Crippen molar-refractivity contribution >= 4 is 5.69 Å². The van der Waals surface area contributed by atoms with Crippen molar-refractivity contribution in [1.82, 2.24) is 0 Å². The van der Waals surface area contributed by atoms with Crippen LogP contribution in [0.4, 0.5) is 5.69 Å². The largest absolute Gasteiger partial charge is 0.493 e.